The zero-order valence-electron chi connectivity index (χ0n) is 13.9. The fourth-order valence-corrected chi connectivity index (χ4v) is 5.21. The summed E-state index contributed by atoms with van der Waals surface area (Å²) >= 11 is 1.80. The molecule has 0 aliphatic heterocycles. The van der Waals surface area contributed by atoms with E-state index in [1.54, 1.807) is 16.9 Å². The molecule has 2 unspecified atom stereocenters. The number of rotatable bonds is 5. The van der Waals surface area contributed by atoms with Gasteiger partial charge in [0.05, 0.1) is 0 Å². The molecule has 0 aromatic heterocycles. The predicted octanol–water partition coefficient (Wildman–Crippen LogP) is 5.38. The number of halogens is 1. The predicted molar refractivity (Wildman–Crippen MR) is 117 cm³/mol. The third-order valence-electron chi connectivity index (χ3n) is 4.66. The molecule has 0 fully saturated rings. The Morgan fingerprint density at radius 1 is 0.708 bits per heavy atom. The van der Waals surface area contributed by atoms with Gasteiger partial charge in [-0.15, -0.1) is 24.0 Å². The Morgan fingerprint density at radius 3 is 1.46 bits per heavy atom. The summed E-state index contributed by atoms with van der Waals surface area (Å²) in [4.78, 5) is 0. The molecule has 0 saturated carbocycles. The molecule has 3 rings (SSSR count). The minimum absolute atomic E-state index is 0. The molecule has 2 heteroatoms. The van der Waals surface area contributed by atoms with Crippen LogP contribution < -0.4 is 0 Å². The van der Waals surface area contributed by atoms with Crippen molar-refractivity contribution in [2.75, 3.05) is 0 Å². The fourth-order valence-electron chi connectivity index (χ4n) is 3.50. The second-order valence-electron chi connectivity index (χ2n) is 5.97. The van der Waals surface area contributed by atoms with Gasteiger partial charge in [0.2, 0.25) is 0 Å². The molecule has 0 spiro atoms. The second kappa shape index (κ2) is 8.87. The SMILES string of the molecule is CCC(c1ccccc1)C([AsH2])(c1ccccc1)c1ccccc1.I. The molecule has 3 aromatic rings. The van der Waals surface area contributed by atoms with E-state index < -0.39 is 0 Å². The van der Waals surface area contributed by atoms with Crippen molar-refractivity contribution in [2.24, 2.45) is 0 Å². The molecule has 124 valence electrons. The van der Waals surface area contributed by atoms with Gasteiger partial charge in [0.1, 0.15) is 0 Å². The first-order valence-corrected chi connectivity index (χ1v) is 9.42. The summed E-state index contributed by atoms with van der Waals surface area (Å²) in [6.45, 7) is 2.30. The van der Waals surface area contributed by atoms with Crippen LogP contribution in [0.3, 0.4) is 0 Å². The van der Waals surface area contributed by atoms with E-state index in [-0.39, 0.29) is 28.2 Å². The topological polar surface area (TPSA) is 0 Å². The normalized spacial score (nSPS) is 12.2. The van der Waals surface area contributed by atoms with Gasteiger partial charge < -0.3 is 0 Å². The Labute approximate surface area is 171 Å². The van der Waals surface area contributed by atoms with Gasteiger partial charge in [-0.25, -0.2) is 0 Å². The van der Waals surface area contributed by atoms with Gasteiger partial charge in [-0.3, -0.25) is 0 Å². The first-order chi connectivity index (χ1) is 11.3. The summed E-state index contributed by atoms with van der Waals surface area (Å²) in [6, 6.07) is 32.9. The average Bonchev–Trinajstić information content (AvgIpc) is 2.64. The fraction of sp³-hybridized carbons (Fsp3) is 0.182. The van der Waals surface area contributed by atoms with Crippen LogP contribution in [0.5, 0.6) is 0 Å². The van der Waals surface area contributed by atoms with Crippen molar-refractivity contribution in [1.82, 2.24) is 0 Å². The summed E-state index contributed by atoms with van der Waals surface area (Å²) in [7, 11) is 0. The van der Waals surface area contributed by atoms with Crippen LogP contribution in [0, 0.1) is 0 Å². The molecule has 0 radical (unpaired) electrons. The molecule has 0 heterocycles. The molecule has 0 nitrogen and oxygen atoms in total. The maximum atomic E-state index is 2.30. The van der Waals surface area contributed by atoms with Crippen molar-refractivity contribution in [3.05, 3.63) is 108 Å². The van der Waals surface area contributed by atoms with Crippen LogP contribution in [0.2, 0.25) is 0 Å². The average molecular weight is 490 g/mol. The van der Waals surface area contributed by atoms with Crippen LogP contribution in [0.15, 0.2) is 91.0 Å². The van der Waals surface area contributed by atoms with E-state index in [4.69, 9.17) is 0 Å². The van der Waals surface area contributed by atoms with Crippen LogP contribution in [0.25, 0.3) is 0 Å². The van der Waals surface area contributed by atoms with Crippen molar-refractivity contribution in [3.63, 3.8) is 0 Å². The van der Waals surface area contributed by atoms with Crippen LogP contribution in [0.1, 0.15) is 36.0 Å². The first-order valence-electron chi connectivity index (χ1n) is 8.21. The van der Waals surface area contributed by atoms with E-state index >= 15 is 0 Å². The second-order valence-corrected chi connectivity index (χ2v) is 7.88. The first kappa shape index (κ1) is 19.3. The van der Waals surface area contributed by atoms with E-state index in [1.807, 2.05) is 0 Å². The van der Waals surface area contributed by atoms with Gasteiger partial charge in [0.15, 0.2) is 0 Å². The maximum Gasteiger partial charge on any atom is -0.107 e. The Morgan fingerprint density at radius 2 is 1.08 bits per heavy atom. The Bertz CT molecular complexity index is 686. The molecule has 0 saturated heterocycles. The van der Waals surface area contributed by atoms with E-state index in [9.17, 15) is 0 Å². The van der Waals surface area contributed by atoms with Gasteiger partial charge in [0.25, 0.3) is 0 Å². The van der Waals surface area contributed by atoms with Crippen molar-refractivity contribution in [2.45, 2.75) is 23.5 Å². The number of benzene rings is 3. The maximum absolute atomic E-state index is 2.30. The largest absolute Gasteiger partial charge is 0.107 e. The molecular weight excluding hydrogens is 466 g/mol. The Kier molecular flexibility index (Phi) is 7.13. The minimum Gasteiger partial charge on any atom is -0.107 e. The van der Waals surface area contributed by atoms with E-state index in [1.165, 1.54) is 16.7 Å². The van der Waals surface area contributed by atoms with Crippen LogP contribution in [-0.2, 0) is 4.20 Å². The van der Waals surface area contributed by atoms with Gasteiger partial charge in [0, 0.05) is 0 Å². The molecule has 0 aliphatic rings. The van der Waals surface area contributed by atoms with E-state index in [0.717, 1.165) is 6.42 Å². The van der Waals surface area contributed by atoms with Gasteiger partial charge >= 0.3 is 148 Å². The smallest absolute Gasteiger partial charge is 0.107 e. The third-order valence-corrected chi connectivity index (χ3v) is 6.91. The summed E-state index contributed by atoms with van der Waals surface area (Å²) in [5.74, 6) is 0.466. The molecule has 24 heavy (non-hydrogen) atoms. The molecule has 0 N–H and O–H groups in total. The van der Waals surface area contributed by atoms with E-state index in [2.05, 4.69) is 97.9 Å². The summed E-state index contributed by atoms with van der Waals surface area (Å²) in [5.41, 5.74) is 4.23. The Hall–Kier alpha value is -1.05. The summed E-state index contributed by atoms with van der Waals surface area (Å²) in [5, 5.41) is 0. The molecule has 3 aromatic carbocycles. The van der Waals surface area contributed by atoms with Gasteiger partial charge in [-0.2, -0.15) is 0 Å². The standard InChI is InChI=1S/C22H23As.HI/c1-2-21(18-12-6-3-7-13-18)22(23,19-14-8-4-9-15-19)20-16-10-5-11-17-20;/h3-17,21H,2,23H2,1H3;1H. The Balaban J connectivity index is 0.00000208. The van der Waals surface area contributed by atoms with Crippen LogP contribution in [-0.4, -0.2) is 16.9 Å². The van der Waals surface area contributed by atoms with Gasteiger partial charge in [-0.1, -0.05) is 0 Å². The quantitative estimate of drug-likeness (QED) is 0.333. The van der Waals surface area contributed by atoms with Crippen molar-refractivity contribution in [3.8, 4) is 0 Å². The third kappa shape index (κ3) is 3.78. The van der Waals surface area contributed by atoms with Gasteiger partial charge in [-0.05, 0) is 0 Å². The molecule has 2 atom stereocenters. The van der Waals surface area contributed by atoms with Crippen molar-refractivity contribution in [1.29, 1.82) is 0 Å². The zero-order valence-corrected chi connectivity index (χ0v) is 18.7. The number of hydrogen-bond donors (Lipinski definition) is 0. The monoisotopic (exact) mass is 490 g/mol. The van der Waals surface area contributed by atoms with Crippen LogP contribution >= 0.6 is 24.0 Å². The van der Waals surface area contributed by atoms with Crippen molar-refractivity contribution >= 4 is 40.8 Å². The molecule has 0 aliphatic carbocycles. The van der Waals surface area contributed by atoms with Crippen molar-refractivity contribution < 1.29 is 0 Å². The molecular formula is C22H24AsI. The minimum atomic E-state index is 0. The van der Waals surface area contributed by atoms with Crippen LogP contribution in [0.4, 0.5) is 0 Å². The zero-order chi connectivity index (χ0) is 16.1. The summed E-state index contributed by atoms with van der Waals surface area (Å²) < 4.78 is 0.0195. The molecule has 0 bridgehead atoms. The molecule has 0 amide bonds. The number of hydrogen-bond acceptors (Lipinski definition) is 0. The van der Waals surface area contributed by atoms with E-state index in [0.29, 0.717) is 5.92 Å². The summed E-state index contributed by atoms with van der Waals surface area (Å²) in [6.07, 6.45) is 1.12.